The Labute approximate surface area is 226 Å². The van der Waals surface area contributed by atoms with Gasteiger partial charge in [0.15, 0.2) is 17.8 Å². The summed E-state index contributed by atoms with van der Waals surface area (Å²) < 4.78 is 10.5. The van der Waals surface area contributed by atoms with E-state index in [9.17, 15) is 39.4 Å². The Balaban J connectivity index is 1.73. The Hall–Kier alpha value is -5.18. The first kappa shape index (κ1) is 29.4. The number of likely N-dealkylation sites (tertiary alicyclic amines) is 1. The molecular weight excluding hydrogens is 532 g/mol. The zero-order chi connectivity index (χ0) is 29.6. The van der Waals surface area contributed by atoms with Gasteiger partial charge in [-0.2, -0.15) is 0 Å². The van der Waals surface area contributed by atoms with Gasteiger partial charge >= 0.3 is 17.9 Å². The number of phenolic OH excluding ortho intramolecular Hbond substituents is 1. The number of esters is 1. The smallest absolute Gasteiger partial charge is 0.331 e. The topological polar surface area (TPSA) is 238 Å². The van der Waals surface area contributed by atoms with E-state index in [0.29, 0.717) is 5.75 Å². The van der Waals surface area contributed by atoms with Crippen molar-refractivity contribution in [1.82, 2.24) is 10.2 Å². The molecule has 2 amide bonds. The zero-order valence-electron chi connectivity index (χ0n) is 21.0. The molecular formula is C25H26N4O11. The number of nitrogens with zero attached hydrogens (tertiary/aromatic N) is 2. The summed E-state index contributed by atoms with van der Waals surface area (Å²) in [6, 6.07) is 6.40. The highest BCUT2D eigenvalue weighted by molar-refractivity contribution is 6.45. The molecule has 1 heterocycles. The van der Waals surface area contributed by atoms with E-state index in [1.54, 1.807) is 0 Å². The summed E-state index contributed by atoms with van der Waals surface area (Å²) in [5.74, 6) is -5.22. The normalized spacial score (nSPS) is 18.2. The van der Waals surface area contributed by atoms with Gasteiger partial charge in [-0.15, -0.1) is 0 Å². The highest BCUT2D eigenvalue weighted by Gasteiger charge is 2.56. The van der Waals surface area contributed by atoms with E-state index in [1.807, 2.05) is 0 Å². The zero-order valence-corrected chi connectivity index (χ0v) is 21.0. The maximum absolute atomic E-state index is 13.0. The third-order valence-electron chi connectivity index (χ3n) is 5.83. The maximum Gasteiger partial charge on any atom is 0.331 e. The summed E-state index contributed by atoms with van der Waals surface area (Å²) in [7, 11) is 0. The van der Waals surface area contributed by atoms with Gasteiger partial charge in [-0.05, 0) is 42.0 Å². The summed E-state index contributed by atoms with van der Waals surface area (Å²) >= 11 is 0. The molecule has 0 aliphatic carbocycles. The first-order chi connectivity index (χ1) is 18.9. The van der Waals surface area contributed by atoms with Crippen LogP contribution in [0, 0.1) is 0 Å². The Morgan fingerprint density at radius 3 is 2.20 bits per heavy atom. The van der Waals surface area contributed by atoms with Crippen LogP contribution in [0.4, 0.5) is 0 Å². The number of rotatable bonds is 12. The number of nitrogens with two attached hydrogens (primary N) is 1. The number of carbonyl (C=O) groups is 5. The first-order valence-electron chi connectivity index (χ1n) is 11.7. The molecule has 15 nitrogen and oxygen atoms in total. The number of carboxylic acid groups (broad SMARTS) is 2. The standard InChI is InChI=1S/C25H26N4O11/c1-12(30)40-23-19(22(33)29(23)20(25(36)37)14-2-6-15(31)7-3-14)27-21(32)18(28-38)13-4-8-16(9-5-13)39-11-10-17(26)24(34)35/h2-9,17,19-20,23,31,38H,10-11,26H2,1H3,(H,27,32)(H,34,35)(H,36,37)/t17?,19-,20?,23+/m0/s1. The Bertz CT molecular complexity index is 1310. The van der Waals surface area contributed by atoms with Crippen LogP contribution in [0.2, 0.25) is 0 Å². The molecule has 7 N–H and O–H groups in total. The molecule has 15 heteroatoms. The third-order valence-corrected chi connectivity index (χ3v) is 5.83. The van der Waals surface area contributed by atoms with Crippen molar-refractivity contribution in [3.63, 3.8) is 0 Å². The molecule has 0 radical (unpaired) electrons. The van der Waals surface area contributed by atoms with Crippen LogP contribution < -0.4 is 15.8 Å². The third kappa shape index (κ3) is 6.63. The van der Waals surface area contributed by atoms with Gasteiger partial charge in [0, 0.05) is 18.9 Å². The number of aliphatic carboxylic acids is 2. The minimum absolute atomic E-state index is 0.00750. The summed E-state index contributed by atoms with van der Waals surface area (Å²) in [5.41, 5.74) is 5.11. The van der Waals surface area contributed by atoms with Gasteiger partial charge in [0.25, 0.3) is 11.8 Å². The summed E-state index contributed by atoms with van der Waals surface area (Å²) in [4.78, 5) is 61.2. The number of carboxylic acids is 2. The minimum Gasteiger partial charge on any atom is -0.508 e. The number of carbonyl (C=O) groups excluding carboxylic acids is 3. The number of amides is 2. The average Bonchev–Trinajstić information content (AvgIpc) is 2.91. The maximum atomic E-state index is 13.0. The van der Waals surface area contributed by atoms with E-state index in [0.717, 1.165) is 11.8 Å². The summed E-state index contributed by atoms with van der Waals surface area (Å²) in [6.07, 6.45) is -1.45. The number of benzene rings is 2. The van der Waals surface area contributed by atoms with Crippen molar-refractivity contribution in [1.29, 1.82) is 0 Å². The lowest BCUT2D eigenvalue weighted by Crippen LogP contribution is -2.73. The van der Waals surface area contributed by atoms with Gasteiger partial charge in [-0.25, -0.2) is 4.79 Å². The monoisotopic (exact) mass is 558 g/mol. The van der Waals surface area contributed by atoms with Gasteiger partial charge < -0.3 is 41.1 Å². The van der Waals surface area contributed by atoms with E-state index in [-0.39, 0.29) is 29.9 Å². The largest absolute Gasteiger partial charge is 0.508 e. The van der Waals surface area contributed by atoms with Gasteiger partial charge in [0.2, 0.25) is 6.23 Å². The summed E-state index contributed by atoms with van der Waals surface area (Å²) in [5, 5.41) is 42.9. The number of ether oxygens (including phenoxy) is 2. The second-order valence-corrected chi connectivity index (χ2v) is 8.58. The number of hydrogen-bond acceptors (Lipinski definition) is 11. The van der Waals surface area contributed by atoms with E-state index < -0.39 is 59.8 Å². The Morgan fingerprint density at radius 1 is 1.05 bits per heavy atom. The van der Waals surface area contributed by atoms with Gasteiger partial charge in [0.05, 0.1) is 6.61 Å². The molecule has 1 aliphatic rings. The van der Waals surface area contributed by atoms with Crippen LogP contribution in [0.1, 0.15) is 30.5 Å². The van der Waals surface area contributed by atoms with Crippen molar-refractivity contribution < 1.29 is 54.0 Å². The number of oxime groups is 1. The fourth-order valence-electron chi connectivity index (χ4n) is 3.85. The second kappa shape index (κ2) is 12.6. The molecule has 0 aromatic heterocycles. The van der Waals surface area contributed by atoms with Crippen molar-refractivity contribution >= 4 is 35.4 Å². The quantitative estimate of drug-likeness (QED) is 0.0652. The number of phenols is 1. The summed E-state index contributed by atoms with van der Waals surface area (Å²) in [6.45, 7) is 1.04. The lowest BCUT2D eigenvalue weighted by atomic mass is 9.95. The molecule has 0 bridgehead atoms. The van der Waals surface area contributed by atoms with Gasteiger partial charge in [-0.1, -0.05) is 17.3 Å². The van der Waals surface area contributed by atoms with Crippen LogP contribution in [0.3, 0.4) is 0 Å². The molecule has 0 saturated carbocycles. The van der Waals surface area contributed by atoms with Crippen LogP contribution in [0.25, 0.3) is 0 Å². The van der Waals surface area contributed by atoms with Crippen LogP contribution in [-0.2, 0) is 28.7 Å². The number of hydrogen-bond donors (Lipinski definition) is 6. The van der Waals surface area contributed by atoms with Crippen molar-refractivity contribution in [2.45, 2.75) is 37.7 Å². The Kier molecular flexibility index (Phi) is 9.24. The minimum atomic E-state index is -1.60. The highest BCUT2D eigenvalue weighted by Crippen LogP contribution is 2.34. The van der Waals surface area contributed by atoms with Crippen molar-refractivity contribution in [2.75, 3.05) is 6.61 Å². The molecule has 1 aliphatic heterocycles. The van der Waals surface area contributed by atoms with E-state index >= 15 is 0 Å². The fraction of sp³-hybridized carbons (Fsp3) is 0.280. The highest BCUT2D eigenvalue weighted by atomic mass is 16.6. The van der Waals surface area contributed by atoms with Crippen LogP contribution >= 0.6 is 0 Å². The molecule has 0 spiro atoms. The molecule has 2 aromatic carbocycles. The SMILES string of the molecule is CC(=O)O[C@@H]1[C@@H](NC(=O)C(=NO)c2ccc(OCCC(N)C(=O)O)cc2)C(=O)N1C(C(=O)O)c1ccc(O)cc1. The van der Waals surface area contributed by atoms with Gasteiger partial charge in [0.1, 0.15) is 17.5 Å². The first-order valence-corrected chi connectivity index (χ1v) is 11.7. The van der Waals surface area contributed by atoms with E-state index in [4.69, 9.17) is 20.3 Å². The molecule has 2 unspecified atom stereocenters. The van der Waals surface area contributed by atoms with Gasteiger partial charge in [-0.3, -0.25) is 24.1 Å². The second-order valence-electron chi connectivity index (χ2n) is 8.58. The van der Waals surface area contributed by atoms with E-state index in [2.05, 4.69) is 10.5 Å². The molecule has 1 saturated heterocycles. The predicted octanol–water partition coefficient (Wildman–Crippen LogP) is -0.207. The number of aromatic hydroxyl groups is 1. The molecule has 1 fully saturated rings. The lowest BCUT2D eigenvalue weighted by Gasteiger charge is -2.48. The Morgan fingerprint density at radius 2 is 1.68 bits per heavy atom. The average molecular weight is 559 g/mol. The van der Waals surface area contributed by atoms with Crippen molar-refractivity contribution in [3.8, 4) is 11.5 Å². The van der Waals surface area contributed by atoms with Crippen LogP contribution in [0.15, 0.2) is 53.7 Å². The van der Waals surface area contributed by atoms with Crippen LogP contribution in [0.5, 0.6) is 11.5 Å². The van der Waals surface area contributed by atoms with Crippen molar-refractivity contribution in [2.24, 2.45) is 10.9 Å². The molecule has 3 rings (SSSR count). The molecule has 40 heavy (non-hydrogen) atoms. The molecule has 2 aromatic rings. The predicted molar refractivity (Wildman–Crippen MR) is 133 cm³/mol. The van der Waals surface area contributed by atoms with Crippen molar-refractivity contribution in [3.05, 3.63) is 59.7 Å². The fourth-order valence-corrected chi connectivity index (χ4v) is 3.85. The number of nitrogens with one attached hydrogen (secondary N) is 1. The molecule has 4 atom stereocenters. The lowest BCUT2D eigenvalue weighted by molar-refractivity contribution is -0.200. The molecule has 212 valence electrons. The number of β-lactam (4-membered cyclic amide) rings is 1. The van der Waals surface area contributed by atoms with Crippen LogP contribution in [-0.4, -0.2) is 85.8 Å². The van der Waals surface area contributed by atoms with E-state index in [1.165, 1.54) is 48.5 Å².